The van der Waals surface area contributed by atoms with Gasteiger partial charge in [-0.25, -0.2) is 4.79 Å². The van der Waals surface area contributed by atoms with E-state index in [4.69, 9.17) is 19.9 Å². The molecule has 1 aliphatic carbocycles. The van der Waals surface area contributed by atoms with Gasteiger partial charge in [-0.3, -0.25) is 14.4 Å². The van der Waals surface area contributed by atoms with Crippen molar-refractivity contribution in [3.8, 4) is 0 Å². The summed E-state index contributed by atoms with van der Waals surface area (Å²) in [5.41, 5.74) is 6.67. The summed E-state index contributed by atoms with van der Waals surface area (Å²) in [6, 6.07) is 32.6. The predicted octanol–water partition coefficient (Wildman–Crippen LogP) is 10.3. The Morgan fingerprint density at radius 1 is 0.817 bits per heavy atom. The molecule has 1 aliphatic heterocycles. The zero-order chi connectivity index (χ0) is 52.6. The Balaban J connectivity index is 0.00000145. The molecule has 2 aliphatic rings. The zero-order valence-electron chi connectivity index (χ0n) is 40.7. The first-order valence-corrected chi connectivity index (χ1v) is 27.2. The van der Waals surface area contributed by atoms with Crippen LogP contribution >= 0.6 is 15.1 Å². The van der Waals surface area contributed by atoms with Crippen molar-refractivity contribution in [1.82, 2.24) is 10.6 Å². The summed E-state index contributed by atoms with van der Waals surface area (Å²) >= 11 is 0. The number of carbonyl (C=O) groups excluding carboxylic acids is 4. The molecular formula is C52H65F6N3O8P2. The number of ketones is 2. The number of aliphatic hydroxyl groups is 1. The molecule has 388 valence electrons. The van der Waals surface area contributed by atoms with Gasteiger partial charge in [0, 0.05) is 43.9 Å². The second-order valence-corrected chi connectivity index (χ2v) is 23.3. The molecular weight excluding hydrogens is 971 g/mol. The third-order valence-electron chi connectivity index (χ3n) is 12.1. The summed E-state index contributed by atoms with van der Waals surface area (Å²) < 4.78 is 76.1. The van der Waals surface area contributed by atoms with Crippen LogP contribution in [0.3, 0.4) is 0 Å². The Hall–Kier alpha value is -5.44. The topological polar surface area (TPSA) is 166 Å². The molecule has 0 spiro atoms. The number of halogens is 6. The van der Waals surface area contributed by atoms with Crippen molar-refractivity contribution in [2.24, 2.45) is 17.6 Å². The van der Waals surface area contributed by atoms with E-state index in [2.05, 4.69) is 102 Å². The average molecular weight is 1040 g/mol. The fourth-order valence-electron chi connectivity index (χ4n) is 8.70. The van der Waals surface area contributed by atoms with Gasteiger partial charge in [-0.15, -0.1) is 0 Å². The number of hydrogen-bond donors (Lipinski definition) is 4. The van der Waals surface area contributed by atoms with Crippen LogP contribution < -0.4 is 32.3 Å². The quantitative estimate of drug-likeness (QED) is 0.0404. The van der Waals surface area contributed by atoms with Crippen LogP contribution in [0.2, 0.25) is 0 Å². The van der Waals surface area contributed by atoms with Crippen LogP contribution in [0.5, 0.6) is 0 Å². The van der Waals surface area contributed by atoms with Crippen molar-refractivity contribution in [1.29, 1.82) is 0 Å². The minimum absolute atomic E-state index is 0.110. The summed E-state index contributed by atoms with van der Waals surface area (Å²) in [6.45, 7) is 7.58. The molecule has 5 N–H and O–H groups in total. The number of rotatable bonds is 14. The molecule has 0 saturated heterocycles. The summed E-state index contributed by atoms with van der Waals surface area (Å²) in [6.07, 6.45) is 8.61. The Bertz CT molecular complexity index is 2360. The molecule has 0 saturated carbocycles. The van der Waals surface area contributed by atoms with Gasteiger partial charge in [0.2, 0.25) is 11.6 Å². The van der Waals surface area contributed by atoms with Crippen molar-refractivity contribution in [2.45, 2.75) is 90.6 Å². The molecule has 0 unspecified atom stereocenters. The zero-order valence-corrected chi connectivity index (χ0v) is 42.5. The molecule has 2 bridgehead atoms. The van der Waals surface area contributed by atoms with E-state index in [1.807, 2.05) is 13.8 Å². The Morgan fingerprint density at radius 2 is 1.34 bits per heavy atom. The normalized spacial score (nSPS) is 24.4. The summed E-state index contributed by atoms with van der Waals surface area (Å²) in [5, 5.41) is 21.6. The molecule has 3 aromatic carbocycles. The molecule has 5 rings (SSSR count). The molecule has 19 heteroatoms. The second-order valence-electron chi connectivity index (χ2n) is 17.8. The van der Waals surface area contributed by atoms with E-state index in [0.717, 1.165) is 31.8 Å². The van der Waals surface area contributed by atoms with E-state index in [1.54, 1.807) is 32.1 Å². The van der Waals surface area contributed by atoms with Gasteiger partial charge in [0.15, 0.2) is 6.10 Å². The molecule has 6 atom stereocenters. The van der Waals surface area contributed by atoms with Gasteiger partial charge in [0.05, 0.1) is 29.8 Å². The van der Waals surface area contributed by atoms with Crippen LogP contribution in [-0.4, -0.2) is 80.0 Å². The molecule has 2 amide bonds. The molecule has 11 nitrogen and oxygen atoms in total. The van der Waals surface area contributed by atoms with Gasteiger partial charge in [-0.05, 0) is 93.8 Å². The van der Waals surface area contributed by atoms with E-state index in [-0.39, 0.29) is 34.9 Å². The van der Waals surface area contributed by atoms with E-state index < -0.39 is 69.0 Å². The van der Waals surface area contributed by atoms with Crippen LogP contribution in [0.1, 0.15) is 66.2 Å². The second kappa shape index (κ2) is 24.8. The summed E-state index contributed by atoms with van der Waals surface area (Å²) in [5.74, 6) is -2.09. The van der Waals surface area contributed by atoms with Crippen LogP contribution in [0.25, 0.3) is 0 Å². The van der Waals surface area contributed by atoms with Crippen molar-refractivity contribution < 1.29 is 63.7 Å². The SMILES string of the molecule is CO[C@H]1C=C/C=C(\C)C(=O)NC2=CC(=O)C(NCCCCCC[P+](c3ccccc3)(c3ccccc3)c3ccccc3)=C(C[C@@H](C)C[C@H](OC)[C@H](O)[C@@H](C)/C=C(/C)[C@@H]1OC(N)=O)C2=O.F[P-](F)(F)(F)(F)F. The fourth-order valence-corrected chi connectivity index (χ4v) is 13.1. The van der Waals surface area contributed by atoms with Crippen LogP contribution in [0.4, 0.5) is 30.0 Å². The number of primary amides is 1. The standard InChI is InChI=1S/C52H64N3O8P.F6P/c1-35-31-42-47(54-29-18-7-8-19-30-64(39-22-12-9-13-23-39,40-24-14-10-15-25-40)41-26-16-11-17-27-41)44(56)34-43(49(42)58)55-51(59)36(2)21-20-28-45(61-5)50(63-52(53)60)38(4)33-37(3)48(57)46(32-35)62-6;1-7(2,3,4,5)6/h9-17,20-28,33-35,37,45-46,48,50,57H,7-8,18-19,29-32H2,1-6H3,(H3-,53,54,55,56,58,59,60);/q;-1/p+1/b28-20?,36-21+,38-33-;/t35-,37+,45+,46+,48-,50+;/m1./s1. The van der Waals surface area contributed by atoms with E-state index in [9.17, 15) is 49.5 Å². The maximum absolute atomic E-state index is 14.2. The van der Waals surface area contributed by atoms with Crippen molar-refractivity contribution in [3.05, 3.63) is 149 Å². The van der Waals surface area contributed by atoms with Crippen LogP contribution in [0, 0.1) is 11.8 Å². The van der Waals surface area contributed by atoms with Gasteiger partial charge in [0.25, 0.3) is 5.91 Å². The maximum atomic E-state index is 14.2. The average Bonchev–Trinajstić information content (AvgIpc) is 3.31. The fraction of sp³-hybridized carbons (Fsp3) is 0.385. The van der Waals surface area contributed by atoms with Gasteiger partial charge in [-0.1, -0.05) is 99.2 Å². The first-order valence-electron chi connectivity index (χ1n) is 23.2. The van der Waals surface area contributed by atoms with Crippen molar-refractivity contribution in [3.63, 3.8) is 0 Å². The number of methoxy groups -OCH3 is 2. The molecule has 1 heterocycles. The third-order valence-corrected chi connectivity index (χ3v) is 16.6. The predicted molar refractivity (Wildman–Crippen MR) is 270 cm³/mol. The van der Waals surface area contributed by atoms with Gasteiger partial charge < -0.3 is 35.7 Å². The van der Waals surface area contributed by atoms with E-state index in [0.29, 0.717) is 18.5 Å². The Kier molecular flexibility index (Phi) is 20.3. The van der Waals surface area contributed by atoms with Gasteiger partial charge in [0.1, 0.15) is 29.3 Å². The number of ether oxygens (including phenoxy) is 3. The first-order chi connectivity index (χ1) is 33.2. The number of allylic oxidation sites excluding steroid dienone is 4. The van der Waals surface area contributed by atoms with Crippen molar-refractivity contribution in [2.75, 3.05) is 26.9 Å². The van der Waals surface area contributed by atoms with Gasteiger partial charge >= 0.3 is 39.1 Å². The number of nitrogens with one attached hydrogen (secondary N) is 2. The number of amides is 2. The first kappa shape index (κ1) is 58.1. The summed E-state index contributed by atoms with van der Waals surface area (Å²) in [4.78, 5) is 53.4. The van der Waals surface area contributed by atoms with E-state index in [1.165, 1.54) is 42.3 Å². The number of nitrogens with two attached hydrogens (primary N) is 1. The number of Topliss-reactive ketones (excluding diaryl/α,β-unsaturated/α-hetero) is 1. The number of benzene rings is 3. The number of unbranched alkanes of at least 4 members (excludes halogenated alkanes) is 3. The Labute approximate surface area is 412 Å². The van der Waals surface area contributed by atoms with Crippen LogP contribution in [-0.2, 0) is 28.6 Å². The number of carbonyl (C=O) groups is 4. The molecule has 0 aromatic heterocycles. The number of hydrogen-bond acceptors (Lipinski definition) is 9. The molecule has 0 fully saturated rings. The van der Waals surface area contributed by atoms with E-state index >= 15 is 0 Å². The Morgan fingerprint density at radius 3 is 1.83 bits per heavy atom. The number of fused-ring (bicyclic) bond motifs is 2. The molecule has 71 heavy (non-hydrogen) atoms. The molecule has 3 aromatic rings. The monoisotopic (exact) mass is 1040 g/mol. The van der Waals surface area contributed by atoms with Gasteiger partial charge in [-0.2, -0.15) is 0 Å². The third kappa shape index (κ3) is 18.3. The van der Waals surface area contributed by atoms with Crippen molar-refractivity contribution >= 4 is 54.6 Å². The molecule has 0 radical (unpaired) electrons. The summed E-state index contributed by atoms with van der Waals surface area (Å²) in [7, 11) is -9.63. The van der Waals surface area contributed by atoms with Crippen LogP contribution in [0.15, 0.2) is 149 Å². The minimum atomic E-state index is -10.7. The number of aliphatic hydroxyl groups excluding tert-OH is 1.